The molecule has 0 saturated carbocycles. The number of carbonyl (C=O) groups excluding carboxylic acids is 1. The Hall–Kier alpha value is -1.06. The molecule has 0 aliphatic carbocycles. The average molecular weight is 271 g/mol. The number of esters is 1. The molecule has 0 spiro atoms. The summed E-state index contributed by atoms with van der Waals surface area (Å²) in [4.78, 5) is 11.5. The summed E-state index contributed by atoms with van der Waals surface area (Å²) in [5, 5.41) is 10.6. The van der Waals surface area contributed by atoms with Crippen molar-refractivity contribution in [1.29, 1.82) is 0 Å². The van der Waals surface area contributed by atoms with Gasteiger partial charge in [-0.2, -0.15) is 0 Å². The van der Waals surface area contributed by atoms with Crippen LogP contribution in [0.2, 0.25) is 5.02 Å². The number of aliphatic hydroxyl groups excluding tert-OH is 1. The third-order valence-corrected chi connectivity index (χ3v) is 2.90. The summed E-state index contributed by atoms with van der Waals surface area (Å²) < 4.78 is 5.18. The first-order valence-electron chi connectivity index (χ1n) is 6.03. The van der Waals surface area contributed by atoms with E-state index in [-0.39, 0.29) is 11.9 Å². The molecule has 2 unspecified atom stereocenters. The fraction of sp³-hybridized carbons (Fsp3) is 0.500. The molecule has 0 amide bonds. The second-order valence-electron chi connectivity index (χ2n) is 4.76. The Morgan fingerprint density at radius 3 is 2.50 bits per heavy atom. The number of carbonyl (C=O) groups is 1. The lowest BCUT2D eigenvalue weighted by molar-refractivity contribution is -0.154. The Morgan fingerprint density at radius 2 is 1.94 bits per heavy atom. The van der Waals surface area contributed by atoms with E-state index in [0.29, 0.717) is 17.0 Å². The fourth-order valence-electron chi connectivity index (χ4n) is 1.62. The lowest BCUT2D eigenvalue weighted by atomic mass is 10.1. The van der Waals surface area contributed by atoms with Gasteiger partial charge in [0.2, 0.25) is 0 Å². The minimum absolute atomic E-state index is 0.238. The zero-order valence-electron chi connectivity index (χ0n) is 10.9. The van der Waals surface area contributed by atoms with E-state index in [2.05, 4.69) is 0 Å². The Bertz CT molecular complexity index is 404. The van der Waals surface area contributed by atoms with Crippen molar-refractivity contribution < 1.29 is 14.6 Å². The first-order chi connectivity index (χ1) is 8.41. The van der Waals surface area contributed by atoms with Crippen molar-refractivity contribution in [3.63, 3.8) is 0 Å². The van der Waals surface area contributed by atoms with Crippen molar-refractivity contribution in [2.75, 3.05) is 0 Å². The predicted molar refractivity (Wildman–Crippen MR) is 71.4 cm³/mol. The Labute approximate surface area is 113 Å². The van der Waals surface area contributed by atoms with Crippen LogP contribution in [0.15, 0.2) is 24.3 Å². The fourth-order valence-corrected chi connectivity index (χ4v) is 1.87. The van der Waals surface area contributed by atoms with E-state index in [0.717, 1.165) is 0 Å². The quantitative estimate of drug-likeness (QED) is 0.835. The van der Waals surface area contributed by atoms with Crippen molar-refractivity contribution in [1.82, 2.24) is 0 Å². The zero-order valence-corrected chi connectivity index (χ0v) is 11.6. The summed E-state index contributed by atoms with van der Waals surface area (Å²) in [5.74, 6) is -0.0641. The van der Waals surface area contributed by atoms with Gasteiger partial charge in [0.15, 0.2) is 0 Å². The van der Waals surface area contributed by atoms with Gasteiger partial charge in [-0.3, -0.25) is 4.79 Å². The van der Waals surface area contributed by atoms with E-state index < -0.39 is 12.2 Å². The van der Waals surface area contributed by atoms with Gasteiger partial charge in [-0.25, -0.2) is 0 Å². The van der Waals surface area contributed by atoms with Crippen LogP contribution < -0.4 is 0 Å². The van der Waals surface area contributed by atoms with Gasteiger partial charge in [-0.15, -0.1) is 0 Å². The average Bonchev–Trinajstić information content (AvgIpc) is 2.27. The summed E-state index contributed by atoms with van der Waals surface area (Å²) in [6.07, 6.45) is -1.18. The van der Waals surface area contributed by atoms with Crippen LogP contribution in [0.25, 0.3) is 0 Å². The van der Waals surface area contributed by atoms with Gasteiger partial charge < -0.3 is 9.84 Å². The monoisotopic (exact) mass is 270 g/mol. The second-order valence-corrected chi connectivity index (χ2v) is 5.17. The van der Waals surface area contributed by atoms with Gasteiger partial charge >= 0.3 is 5.97 Å². The first kappa shape index (κ1) is 15.0. The molecule has 0 aromatic heterocycles. The standard InChI is InChI=1S/C14H19ClO3/c1-9(2)8-13(16)18-10(3)14(17)11-6-4-5-7-12(11)15/h4-7,9-10,14,17H,8H2,1-3H3. The van der Waals surface area contributed by atoms with Crippen molar-refractivity contribution in [3.8, 4) is 0 Å². The topological polar surface area (TPSA) is 46.5 Å². The number of ether oxygens (including phenoxy) is 1. The molecule has 1 N–H and O–H groups in total. The maximum absolute atomic E-state index is 11.5. The Balaban J connectivity index is 2.64. The third-order valence-electron chi connectivity index (χ3n) is 2.56. The maximum atomic E-state index is 11.5. The second kappa shape index (κ2) is 6.76. The van der Waals surface area contributed by atoms with E-state index in [4.69, 9.17) is 16.3 Å². The smallest absolute Gasteiger partial charge is 0.306 e. The highest BCUT2D eigenvalue weighted by atomic mass is 35.5. The first-order valence-corrected chi connectivity index (χ1v) is 6.41. The molecule has 1 aromatic rings. The van der Waals surface area contributed by atoms with Crippen molar-refractivity contribution in [2.24, 2.45) is 5.92 Å². The predicted octanol–water partition coefficient (Wildman–Crippen LogP) is 3.35. The summed E-state index contributed by atoms with van der Waals surface area (Å²) >= 11 is 5.98. The molecule has 3 nitrogen and oxygen atoms in total. The molecule has 0 aliphatic rings. The van der Waals surface area contributed by atoms with Crippen LogP contribution in [-0.2, 0) is 9.53 Å². The molecule has 100 valence electrons. The van der Waals surface area contributed by atoms with Gasteiger partial charge in [0.05, 0.1) is 0 Å². The number of hydrogen-bond acceptors (Lipinski definition) is 3. The normalized spacial score (nSPS) is 14.3. The molecule has 0 radical (unpaired) electrons. The van der Waals surface area contributed by atoms with Gasteiger partial charge in [-0.1, -0.05) is 43.6 Å². The van der Waals surface area contributed by atoms with Crippen LogP contribution in [0.4, 0.5) is 0 Å². The number of aliphatic hydroxyl groups is 1. The van der Waals surface area contributed by atoms with E-state index in [1.54, 1.807) is 31.2 Å². The lowest BCUT2D eigenvalue weighted by Gasteiger charge is -2.21. The molecule has 2 atom stereocenters. The molecule has 0 bridgehead atoms. The van der Waals surface area contributed by atoms with Crippen LogP contribution in [0.3, 0.4) is 0 Å². The molecule has 1 aromatic carbocycles. The van der Waals surface area contributed by atoms with Crippen LogP contribution in [0.1, 0.15) is 38.9 Å². The highest BCUT2D eigenvalue weighted by Gasteiger charge is 2.22. The van der Waals surface area contributed by atoms with Gasteiger partial charge in [0, 0.05) is 17.0 Å². The SMILES string of the molecule is CC(C)CC(=O)OC(C)C(O)c1ccccc1Cl. The molecule has 18 heavy (non-hydrogen) atoms. The number of rotatable bonds is 5. The van der Waals surface area contributed by atoms with E-state index in [1.807, 2.05) is 13.8 Å². The number of benzene rings is 1. The summed E-state index contributed by atoms with van der Waals surface area (Å²) in [6.45, 7) is 5.54. The largest absolute Gasteiger partial charge is 0.460 e. The highest BCUT2D eigenvalue weighted by Crippen LogP contribution is 2.26. The molecule has 1 rings (SSSR count). The number of hydrogen-bond donors (Lipinski definition) is 1. The van der Waals surface area contributed by atoms with Crippen LogP contribution in [0.5, 0.6) is 0 Å². The van der Waals surface area contributed by atoms with Crippen LogP contribution in [0, 0.1) is 5.92 Å². The zero-order chi connectivity index (χ0) is 13.7. The Morgan fingerprint density at radius 1 is 1.33 bits per heavy atom. The molecular weight excluding hydrogens is 252 g/mol. The molecular formula is C14H19ClO3. The minimum atomic E-state index is -0.908. The molecule has 0 saturated heterocycles. The summed E-state index contributed by atoms with van der Waals surface area (Å²) in [5.41, 5.74) is 0.573. The Kier molecular flexibility index (Phi) is 5.63. The van der Waals surface area contributed by atoms with Gasteiger partial charge in [0.1, 0.15) is 12.2 Å². The van der Waals surface area contributed by atoms with E-state index >= 15 is 0 Å². The van der Waals surface area contributed by atoms with Crippen molar-refractivity contribution in [2.45, 2.75) is 39.4 Å². The van der Waals surface area contributed by atoms with Gasteiger partial charge in [-0.05, 0) is 18.9 Å². The minimum Gasteiger partial charge on any atom is -0.460 e. The summed E-state index contributed by atoms with van der Waals surface area (Å²) in [6, 6.07) is 6.99. The highest BCUT2D eigenvalue weighted by molar-refractivity contribution is 6.31. The van der Waals surface area contributed by atoms with Crippen molar-refractivity contribution in [3.05, 3.63) is 34.9 Å². The summed E-state index contributed by atoms with van der Waals surface area (Å²) in [7, 11) is 0. The van der Waals surface area contributed by atoms with Crippen molar-refractivity contribution >= 4 is 17.6 Å². The van der Waals surface area contributed by atoms with Gasteiger partial charge in [0.25, 0.3) is 0 Å². The van der Waals surface area contributed by atoms with E-state index in [1.165, 1.54) is 0 Å². The molecule has 0 aliphatic heterocycles. The lowest BCUT2D eigenvalue weighted by Crippen LogP contribution is -2.23. The van der Waals surface area contributed by atoms with E-state index in [9.17, 15) is 9.90 Å². The number of halogens is 1. The molecule has 0 heterocycles. The van der Waals surface area contributed by atoms with Crippen LogP contribution in [-0.4, -0.2) is 17.2 Å². The van der Waals surface area contributed by atoms with Crippen LogP contribution >= 0.6 is 11.6 Å². The third kappa shape index (κ3) is 4.31. The maximum Gasteiger partial charge on any atom is 0.306 e. The molecule has 0 fully saturated rings. The molecule has 4 heteroatoms.